The average Bonchev–Trinajstić information content (AvgIpc) is 3.34. The first-order chi connectivity index (χ1) is 19.3. The minimum atomic E-state index is -2.63. The Bertz CT molecular complexity index is 1850. The number of halogens is 1. The van der Waals surface area contributed by atoms with Crippen molar-refractivity contribution in [2.75, 3.05) is 0 Å². The number of hydrogen-bond donors (Lipinski definition) is 0. The Labute approximate surface area is 238 Å². The summed E-state index contributed by atoms with van der Waals surface area (Å²) in [5.41, 5.74) is 3.64. The number of rotatable bonds is 5. The summed E-state index contributed by atoms with van der Waals surface area (Å²) in [5.74, 6) is 0. The van der Waals surface area contributed by atoms with Gasteiger partial charge in [0.25, 0.3) is 0 Å². The quantitative estimate of drug-likeness (QED) is 0.154. The van der Waals surface area contributed by atoms with E-state index in [0.717, 1.165) is 4.47 Å². The molecule has 39 heavy (non-hydrogen) atoms. The van der Waals surface area contributed by atoms with Gasteiger partial charge in [-0.1, -0.05) is 137 Å². The summed E-state index contributed by atoms with van der Waals surface area (Å²) in [4.78, 5) is 0. The molecule has 0 aliphatic rings. The largest absolute Gasteiger partial charge is 0.309 e. The fraction of sp³-hybridized carbons (Fsp3) is 0. The van der Waals surface area contributed by atoms with Crippen molar-refractivity contribution in [1.82, 2.24) is 4.57 Å². The van der Waals surface area contributed by atoms with Crippen molar-refractivity contribution in [1.29, 1.82) is 0 Å². The molecule has 0 amide bonds. The summed E-state index contributed by atoms with van der Waals surface area (Å²) >= 11 is 3.68. The van der Waals surface area contributed by atoms with Crippen LogP contribution in [0.25, 0.3) is 27.5 Å². The van der Waals surface area contributed by atoms with Crippen LogP contribution in [0.5, 0.6) is 0 Å². The maximum Gasteiger partial charge on any atom is 0.179 e. The van der Waals surface area contributed by atoms with Gasteiger partial charge in [-0.05, 0) is 57.1 Å². The van der Waals surface area contributed by atoms with Gasteiger partial charge in [-0.25, -0.2) is 0 Å². The smallest absolute Gasteiger partial charge is 0.179 e. The Morgan fingerprint density at radius 2 is 0.897 bits per heavy atom. The third-order valence-electron chi connectivity index (χ3n) is 7.81. The first-order valence-electron chi connectivity index (χ1n) is 13.2. The molecule has 0 saturated carbocycles. The van der Waals surface area contributed by atoms with E-state index in [9.17, 15) is 0 Å². The number of fused-ring (bicyclic) bond motifs is 3. The van der Waals surface area contributed by atoms with Crippen LogP contribution in [0.2, 0.25) is 0 Å². The van der Waals surface area contributed by atoms with Crippen LogP contribution in [0.15, 0.2) is 162 Å². The molecule has 1 aromatic heterocycles. The lowest BCUT2D eigenvalue weighted by atomic mass is 10.1. The topological polar surface area (TPSA) is 4.93 Å². The number of nitrogens with zero attached hydrogens (tertiary/aromatic N) is 1. The van der Waals surface area contributed by atoms with E-state index in [0.29, 0.717) is 0 Å². The van der Waals surface area contributed by atoms with Crippen molar-refractivity contribution in [2.45, 2.75) is 0 Å². The van der Waals surface area contributed by atoms with Crippen LogP contribution >= 0.6 is 15.9 Å². The predicted molar refractivity (Wildman–Crippen MR) is 172 cm³/mol. The highest BCUT2D eigenvalue weighted by Gasteiger charge is 2.41. The van der Waals surface area contributed by atoms with Gasteiger partial charge < -0.3 is 4.57 Å². The summed E-state index contributed by atoms with van der Waals surface area (Å²) in [5, 5.41) is 8.07. The van der Waals surface area contributed by atoms with Gasteiger partial charge in [0.05, 0.1) is 11.0 Å². The van der Waals surface area contributed by atoms with E-state index in [-0.39, 0.29) is 0 Å². The molecule has 6 aromatic carbocycles. The van der Waals surface area contributed by atoms with E-state index >= 15 is 0 Å². The SMILES string of the molecule is Brc1ccc([Si](c2ccccc2)(c2ccccc2)c2ccc3c(c2)c2ccccc2n3-c2ccccc2)cc1. The molecule has 0 aliphatic carbocycles. The van der Waals surface area contributed by atoms with E-state index in [2.05, 4.69) is 178 Å². The molecule has 0 fully saturated rings. The predicted octanol–water partition coefficient (Wildman–Crippen LogP) is 6.92. The zero-order valence-corrected chi connectivity index (χ0v) is 23.9. The van der Waals surface area contributed by atoms with E-state index in [1.165, 1.54) is 48.2 Å². The van der Waals surface area contributed by atoms with Crippen LogP contribution in [-0.4, -0.2) is 12.6 Å². The third kappa shape index (κ3) is 3.89. The molecule has 7 rings (SSSR count). The van der Waals surface area contributed by atoms with Crippen molar-refractivity contribution in [3.8, 4) is 5.69 Å². The fourth-order valence-electron chi connectivity index (χ4n) is 6.14. The molecule has 1 nitrogen and oxygen atoms in total. The average molecular weight is 581 g/mol. The first-order valence-corrected chi connectivity index (χ1v) is 16.0. The van der Waals surface area contributed by atoms with E-state index in [1.807, 2.05) is 0 Å². The molecule has 0 atom stereocenters. The van der Waals surface area contributed by atoms with Crippen LogP contribution in [0.1, 0.15) is 0 Å². The summed E-state index contributed by atoms with van der Waals surface area (Å²) in [6.07, 6.45) is 0. The number of aromatic nitrogens is 1. The Morgan fingerprint density at radius 3 is 1.54 bits per heavy atom. The zero-order chi connectivity index (χ0) is 26.2. The minimum Gasteiger partial charge on any atom is -0.309 e. The van der Waals surface area contributed by atoms with Crippen LogP contribution in [0.4, 0.5) is 0 Å². The highest BCUT2D eigenvalue weighted by atomic mass is 79.9. The molecule has 0 unspecified atom stereocenters. The Hall–Kier alpha value is -4.18. The normalized spacial score (nSPS) is 11.7. The van der Waals surface area contributed by atoms with E-state index < -0.39 is 8.07 Å². The van der Waals surface area contributed by atoms with Crippen LogP contribution in [0, 0.1) is 0 Å². The molecule has 0 N–H and O–H groups in total. The van der Waals surface area contributed by atoms with Gasteiger partial charge in [0, 0.05) is 20.9 Å². The summed E-state index contributed by atoms with van der Waals surface area (Å²) < 4.78 is 3.49. The van der Waals surface area contributed by atoms with Gasteiger partial charge in [0.2, 0.25) is 0 Å². The van der Waals surface area contributed by atoms with Crippen LogP contribution in [0.3, 0.4) is 0 Å². The molecule has 0 aliphatic heterocycles. The zero-order valence-electron chi connectivity index (χ0n) is 21.3. The van der Waals surface area contributed by atoms with Gasteiger partial charge in [-0.2, -0.15) is 0 Å². The molecule has 186 valence electrons. The van der Waals surface area contributed by atoms with Crippen molar-refractivity contribution in [2.24, 2.45) is 0 Å². The lowest BCUT2D eigenvalue weighted by Crippen LogP contribution is -2.74. The number of para-hydroxylation sites is 2. The second kappa shape index (κ2) is 9.85. The van der Waals surface area contributed by atoms with Crippen molar-refractivity contribution >= 4 is 66.6 Å². The Kier molecular flexibility index (Phi) is 6.03. The maximum absolute atomic E-state index is 3.68. The summed E-state index contributed by atoms with van der Waals surface area (Å²) in [6.45, 7) is 0. The van der Waals surface area contributed by atoms with Gasteiger partial charge in [-0.15, -0.1) is 0 Å². The molecule has 0 radical (unpaired) electrons. The standard InChI is InChI=1S/C36H26BrNSi/c37-27-20-22-31(23-21-27)39(29-14-6-2-7-15-29,30-16-8-3-9-17-30)32-24-25-36-34(26-32)33-18-10-11-19-35(33)38(36)28-12-4-1-5-13-28/h1-26H. The lowest BCUT2D eigenvalue weighted by molar-refractivity contribution is 1.18. The highest BCUT2D eigenvalue weighted by Crippen LogP contribution is 2.31. The molecule has 7 aromatic rings. The number of hydrogen-bond acceptors (Lipinski definition) is 0. The molecule has 0 spiro atoms. The number of benzene rings is 6. The lowest BCUT2D eigenvalue weighted by Gasteiger charge is -2.34. The third-order valence-corrected chi connectivity index (χ3v) is 13.1. The molecule has 3 heteroatoms. The first kappa shape index (κ1) is 23.9. The van der Waals surface area contributed by atoms with Crippen molar-refractivity contribution in [3.05, 3.63) is 162 Å². The highest BCUT2D eigenvalue weighted by molar-refractivity contribution is 9.10. The summed E-state index contributed by atoms with van der Waals surface area (Å²) in [7, 11) is -2.63. The van der Waals surface area contributed by atoms with Crippen molar-refractivity contribution < 1.29 is 0 Å². The minimum absolute atomic E-state index is 1.09. The second-order valence-corrected chi connectivity index (χ2v) is 14.6. The van der Waals surface area contributed by atoms with Gasteiger partial charge in [-0.3, -0.25) is 0 Å². The molecule has 0 saturated heterocycles. The summed E-state index contributed by atoms with van der Waals surface area (Å²) in [6, 6.07) is 57.9. The monoisotopic (exact) mass is 579 g/mol. The van der Waals surface area contributed by atoms with Gasteiger partial charge >= 0.3 is 0 Å². The molecular formula is C36H26BrNSi. The maximum atomic E-state index is 3.68. The fourth-order valence-corrected chi connectivity index (χ4v) is 11.1. The Morgan fingerprint density at radius 1 is 0.410 bits per heavy atom. The molecule has 1 heterocycles. The van der Waals surface area contributed by atoms with Gasteiger partial charge in [0.1, 0.15) is 0 Å². The van der Waals surface area contributed by atoms with Crippen LogP contribution in [-0.2, 0) is 0 Å². The van der Waals surface area contributed by atoms with Gasteiger partial charge in [0.15, 0.2) is 8.07 Å². The van der Waals surface area contributed by atoms with E-state index in [4.69, 9.17) is 0 Å². The van der Waals surface area contributed by atoms with E-state index in [1.54, 1.807) is 0 Å². The Balaban J connectivity index is 1.61. The molecule has 0 bridgehead atoms. The van der Waals surface area contributed by atoms with Crippen molar-refractivity contribution in [3.63, 3.8) is 0 Å². The van der Waals surface area contributed by atoms with Crippen LogP contribution < -0.4 is 20.7 Å². The molecular weight excluding hydrogens is 554 g/mol. The second-order valence-electron chi connectivity index (χ2n) is 9.91.